The largest absolute Gasteiger partial charge is 0.383 e. The van der Waals surface area contributed by atoms with Crippen LogP contribution in [0.25, 0.3) is 0 Å². The molecule has 0 bridgehead atoms. The van der Waals surface area contributed by atoms with Crippen molar-refractivity contribution in [2.45, 2.75) is 25.4 Å². The van der Waals surface area contributed by atoms with Crippen molar-refractivity contribution in [2.75, 3.05) is 32.8 Å². The summed E-state index contributed by atoms with van der Waals surface area (Å²) in [5, 5.41) is 3.46. The van der Waals surface area contributed by atoms with Gasteiger partial charge in [-0.3, -0.25) is 4.79 Å². The number of hydrogen-bond acceptors (Lipinski definition) is 4. The van der Waals surface area contributed by atoms with Crippen molar-refractivity contribution in [3.8, 4) is 0 Å². The van der Waals surface area contributed by atoms with Gasteiger partial charge in [-0.15, -0.1) is 0 Å². The Morgan fingerprint density at radius 3 is 2.79 bits per heavy atom. The van der Waals surface area contributed by atoms with E-state index in [1.165, 1.54) is 12.8 Å². The Kier molecular flexibility index (Phi) is 4.99. The topological polar surface area (TPSA) is 52.5 Å². The van der Waals surface area contributed by atoms with Crippen LogP contribution in [0.4, 0.5) is 5.69 Å². The van der Waals surface area contributed by atoms with E-state index in [0.717, 1.165) is 5.69 Å². The highest BCUT2D eigenvalue weighted by atomic mass is 16.5. The number of rotatable bonds is 8. The molecule has 2 rings (SSSR count). The summed E-state index contributed by atoms with van der Waals surface area (Å²) >= 11 is 0. The van der Waals surface area contributed by atoms with E-state index in [0.29, 0.717) is 31.7 Å². The molecule has 0 saturated heterocycles. The number of anilines is 1. The van der Waals surface area contributed by atoms with Crippen LogP contribution >= 0.6 is 0 Å². The third kappa shape index (κ3) is 4.08. The second-order valence-corrected chi connectivity index (χ2v) is 4.99. The van der Waals surface area contributed by atoms with Gasteiger partial charge in [0.25, 0.3) is 5.56 Å². The van der Waals surface area contributed by atoms with Crippen molar-refractivity contribution >= 4 is 5.69 Å². The fourth-order valence-electron chi connectivity index (χ4n) is 2.17. The molecular formula is C14H22N2O3. The molecule has 19 heavy (non-hydrogen) atoms. The predicted molar refractivity (Wildman–Crippen MR) is 74.6 cm³/mol. The lowest BCUT2D eigenvalue weighted by Gasteiger charge is -2.19. The van der Waals surface area contributed by atoms with Crippen LogP contribution in [0.15, 0.2) is 23.1 Å². The van der Waals surface area contributed by atoms with Gasteiger partial charge in [0.2, 0.25) is 0 Å². The number of methoxy groups -OCH3 is 2. The Balaban J connectivity index is 2.04. The van der Waals surface area contributed by atoms with E-state index in [9.17, 15) is 4.79 Å². The molecule has 1 aliphatic rings. The molecule has 1 aromatic rings. The first kappa shape index (κ1) is 14.1. The second kappa shape index (κ2) is 6.73. The number of nitrogens with one attached hydrogen (secondary N) is 1. The first-order valence-corrected chi connectivity index (χ1v) is 6.69. The van der Waals surface area contributed by atoms with Crippen LogP contribution in [0.3, 0.4) is 0 Å². The van der Waals surface area contributed by atoms with Gasteiger partial charge >= 0.3 is 0 Å². The number of nitrogens with zero attached hydrogens (tertiary/aromatic N) is 1. The molecular weight excluding hydrogens is 244 g/mol. The van der Waals surface area contributed by atoms with Crippen LogP contribution in [-0.2, 0) is 16.0 Å². The molecule has 1 heterocycles. The van der Waals surface area contributed by atoms with Gasteiger partial charge in [0.05, 0.1) is 24.9 Å². The van der Waals surface area contributed by atoms with Gasteiger partial charge in [-0.25, -0.2) is 0 Å². The maximum atomic E-state index is 11.7. The first-order chi connectivity index (χ1) is 9.24. The molecule has 0 aromatic carbocycles. The summed E-state index contributed by atoms with van der Waals surface area (Å²) in [4.78, 5) is 11.7. The maximum Gasteiger partial charge on any atom is 0.250 e. The lowest BCUT2D eigenvalue weighted by Crippen LogP contribution is -2.28. The minimum absolute atomic E-state index is 0.00249. The molecule has 1 unspecified atom stereocenters. The molecule has 1 aliphatic carbocycles. The average Bonchev–Trinajstić information content (AvgIpc) is 3.23. The van der Waals surface area contributed by atoms with E-state index in [4.69, 9.17) is 9.47 Å². The quantitative estimate of drug-likeness (QED) is 0.771. The highest BCUT2D eigenvalue weighted by molar-refractivity contribution is 5.41. The summed E-state index contributed by atoms with van der Waals surface area (Å²) in [6.07, 6.45) is 4.36. The predicted octanol–water partition coefficient (Wildman–Crippen LogP) is 1.33. The second-order valence-electron chi connectivity index (χ2n) is 4.99. The summed E-state index contributed by atoms with van der Waals surface area (Å²) in [5.74, 6) is 0.694. The minimum atomic E-state index is -0.00249. The number of aromatic nitrogens is 1. The van der Waals surface area contributed by atoms with Gasteiger partial charge in [-0.05, 0) is 24.8 Å². The Hall–Kier alpha value is -1.33. The van der Waals surface area contributed by atoms with Crippen LogP contribution in [0, 0.1) is 5.92 Å². The van der Waals surface area contributed by atoms with Gasteiger partial charge in [-0.1, -0.05) is 0 Å². The minimum Gasteiger partial charge on any atom is -0.383 e. The zero-order valence-corrected chi connectivity index (χ0v) is 11.6. The van der Waals surface area contributed by atoms with Gasteiger partial charge in [0, 0.05) is 33.0 Å². The van der Waals surface area contributed by atoms with Crippen molar-refractivity contribution in [3.05, 3.63) is 28.7 Å². The normalized spacial score (nSPS) is 16.3. The fourth-order valence-corrected chi connectivity index (χ4v) is 2.17. The summed E-state index contributed by atoms with van der Waals surface area (Å²) in [6.45, 7) is 1.80. The third-order valence-corrected chi connectivity index (χ3v) is 3.41. The molecule has 0 radical (unpaired) electrons. The highest BCUT2D eigenvalue weighted by Crippen LogP contribution is 2.34. The summed E-state index contributed by atoms with van der Waals surface area (Å²) in [5.41, 5.74) is 0.960. The van der Waals surface area contributed by atoms with Crippen molar-refractivity contribution in [1.82, 2.24) is 4.57 Å². The van der Waals surface area contributed by atoms with Gasteiger partial charge < -0.3 is 19.4 Å². The Morgan fingerprint density at radius 1 is 1.37 bits per heavy atom. The summed E-state index contributed by atoms with van der Waals surface area (Å²) in [7, 11) is 3.35. The van der Waals surface area contributed by atoms with E-state index < -0.39 is 0 Å². The Bertz CT molecular complexity index is 454. The smallest absolute Gasteiger partial charge is 0.250 e. The van der Waals surface area contributed by atoms with E-state index in [1.807, 2.05) is 12.3 Å². The van der Waals surface area contributed by atoms with Crippen LogP contribution < -0.4 is 10.9 Å². The molecule has 106 valence electrons. The molecule has 5 heteroatoms. The molecule has 1 fully saturated rings. The third-order valence-electron chi connectivity index (χ3n) is 3.41. The fraction of sp³-hybridized carbons (Fsp3) is 0.643. The monoisotopic (exact) mass is 266 g/mol. The SMILES string of the molecule is COCCn1cc(NC(COC)C2CC2)ccc1=O. The van der Waals surface area contributed by atoms with E-state index >= 15 is 0 Å². The number of pyridine rings is 1. The van der Waals surface area contributed by atoms with Crippen molar-refractivity contribution in [2.24, 2.45) is 5.92 Å². The van der Waals surface area contributed by atoms with Crippen LogP contribution in [-0.4, -0.2) is 38.0 Å². The Morgan fingerprint density at radius 2 is 2.16 bits per heavy atom. The van der Waals surface area contributed by atoms with E-state index in [1.54, 1.807) is 24.9 Å². The zero-order valence-electron chi connectivity index (χ0n) is 11.6. The maximum absolute atomic E-state index is 11.7. The highest BCUT2D eigenvalue weighted by Gasteiger charge is 2.31. The summed E-state index contributed by atoms with van der Waals surface area (Å²) < 4.78 is 11.9. The van der Waals surface area contributed by atoms with Gasteiger partial charge in [0.15, 0.2) is 0 Å². The van der Waals surface area contributed by atoms with Crippen molar-refractivity contribution < 1.29 is 9.47 Å². The van der Waals surface area contributed by atoms with Crippen LogP contribution in [0.5, 0.6) is 0 Å². The van der Waals surface area contributed by atoms with Crippen molar-refractivity contribution in [3.63, 3.8) is 0 Å². The number of hydrogen-bond donors (Lipinski definition) is 1. The molecule has 0 spiro atoms. The van der Waals surface area contributed by atoms with Gasteiger partial charge in [0.1, 0.15) is 0 Å². The van der Waals surface area contributed by atoms with Crippen LogP contribution in [0.2, 0.25) is 0 Å². The average molecular weight is 266 g/mol. The molecule has 5 nitrogen and oxygen atoms in total. The molecule has 1 N–H and O–H groups in total. The number of ether oxygens (including phenoxy) is 2. The molecule has 1 aromatic heterocycles. The van der Waals surface area contributed by atoms with Gasteiger partial charge in [-0.2, -0.15) is 0 Å². The Labute approximate surface area is 113 Å². The van der Waals surface area contributed by atoms with E-state index in [2.05, 4.69) is 5.32 Å². The summed E-state index contributed by atoms with van der Waals surface area (Å²) in [6, 6.07) is 3.75. The molecule has 1 atom stereocenters. The lowest BCUT2D eigenvalue weighted by molar-refractivity contribution is 0.179. The molecule has 0 amide bonds. The lowest BCUT2D eigenvalue weighted by atomic mass is 10.2. The molecule has 1 saturated carbocycles. The zero-order chi connectivity index (χ0) is 13.7. The van der Waals surface area contributed by atoms with Crippen LogP contribution in [0.1, 0.15) is 12.8 Å². The first-order valence-electron chi connectivity index (χ1n) is 6.69. The van der Waals surface area contributed by atoms with Crippen molar-refractivity contribution in [1.29, 1.82) is 0 Å². The van der Waals surface area contributed by atoms with E-state index in [-0.39, 0.29) is 5.56 Å². The molecule has 0 aliphatic heterocycles. The standard InChI is InChI=1S/C14H22N2O3/c1-18-8-7-16-9-12(5-6-14(16)17)15-13(10-19-2)11-3-4-11/h5-6,9,11,13,15H,3-4,7-8,10H2,1-2H3.